The molecule has 5 nitrogen and oxygen atoms in total. The number of nitrogens with two attached hydrogens (primary N) is 1. The van der Waals surface area contributed by atoms with Crippen LogP contribution in [0.2, 0.25) is 5.02 Å². The number of aliphatic hydroxyl groups is 1. The molecular formula is C20H15ClN4O. The van der Waals surface area contributed by atoms with Gasteiger partial charge in [-0.2, -0.15) is 0 Å². The predicted molar refractivity (Wildman–Crippen MR) is 104 cm³/mol. The lowest BCUT2D eigenvalue weighted by molar-refractivity contribution is 0.282. The van der Waals surface area contributed by atoms with Crippen molar-refractivity contribution in [2.45, 2.75) is 6.61 Å². The third-order valence-electron chi connectivity index (χ3n) is 4.10. The molecule has 0 saturated heterocycles. The maximum absolute atomic E-state index is 9.40. The van der Waals surface area contributed by atoms with Gasteiger partial charge < -0.3 is 10.8 Å². The molecule has 0 bridgehead atoms. The first-order chi connectivity index (χ1) is 12.7. The number of aromatic nitrogens is 3. The second-order valence-corrected chi connectivity index (χ2v) is 6.24. The first kappa shape index (κ1) is 16.4. The molecule has 0 saturated carbocycles. The fourth-order valence-electron chi connectivity index (χ4n) is 2.85. The van der Waals surface area contributed by atoms with E-state index in [-0.39, 0.29) is 12.6 Å². The van der Waals surface area contributed by atoms with E-state index in [0.717, 1.165) is 16.7 Å². The zero-order chi connectivity index (χ0) is 18.1. The van der Waals surface area contributed by atoms with Gasteiger partial charge in [-0.1, -0.05) is 48.0 Å². The monoisotopic (exact) mass is 362 g/mol. The van der Waals surface area contributed by atoms with Gasteiger partial charge in [-0.05, 0) is 29.8 Å². The Balaban J connectivity index is 1.97. The Morgan fingerprint density at radius 1 is 0.923 bits per heavy atom. The van der Waals surface area contributed by atoms with Crippen LogP contribution in [0.1, 0.15) is 5.56 Å². The van der Waals surface area contributed by atoms with Crippen molar-refractivity contribution >= 4 is 28.6 Å². The smallest absolute Gasteiger partial charge is 0.221 e. The molecule has 3 N–H and O–H groups in total. The van der Waals surface area contributed by atoms with Crippen molar-refractivity contribution < 1.29 is 5.11 Å². The van der Waals surface area contributed by atoms with Gasteiger partial charge in [-0.15, -0.1) is 0 Å². The lowest BCUT2D eigenvalue weighted by Crippen LogP contribution is -2.00. The summed E-state index contributed by atoms with van der Waals surface area (Å²) >= 11 is 6.35. The second kappa shape index (κ2) is 6.71. The summed E-state index contributed by atoms with van der Waals surface area (Å²) in [6.07, 6.45) is 0. The zero-order valence-corrected chi connectivity index (χ0v) is 14.5. The Morgan fingerprint density at radius 2 is 1.73 bits per heavy atom. The molecule has 0 spiro atoms. The average Bonchev–Trinajstić information content (AvgIpc) is 2.68. The molecule has 0 unspecified atom stereocenters. The van der Waals surface area contributed by atoms with Gasteiger partial charge in [0.15, 0.2) is 0 Å². The number of rotatable bonds is 3. The predicted octanol–water partition coefficient (Wildman–Crippen LogP) is 4.09. The van der Waals surface area contributed by atoms with Gasteiger partial charge in [0.05, 0.1) is 17.8 Å². The number of fused-ring (bicyclic) bond motifs is 1. The van der Waals surface area contributed by atoms with Crippen molar-refractivity contribution in [3.05, 3.63) is 71.2 Å². The van der Waals surface area contributed by atoms with E-state index in [1.807, 2.05) is 48.5 Å². The summed E-state index contributed by atoms with van der Waals surface area (Å²) in [5, 5.41) is 9.96. The molecule has 0 atom stereocenters. The fraction of sp³-hybridized carbons (Fsp3) is 0.0500. The van der Waals surface area contributed by atoms with Crippen LogP contribution in [0.25, 0.3) is 33.5 Å². The van der Waals surface area contributed by atoms with E-state index < -0.39 is 0 Å². The number of anilines is 1. The Hall–Kier alpha value is -3.02. The number of halogens is 1. The van der Waals surface area contributed by atoms with Crippen molar-refractivity contribution in [2.75, 3.05) is 5.73 Å². The van der Waals surface area contributed by atoms with Crippen LogP contribution in [-0.2, 0) is 6.61 Å². The molecule has 0 amide bonds. The standard InChI is InChI=1S/C20H15ClN4O/c21-15-7-6-12(11-26)10-14(15)16-8-9-17-19(23-16)18(25-20(22)24-17)13-4-2-1-3-5-13/h1-10,26H,11H2,(H2,22,24,25). The van der Waals surface area contributed by atoms with Crippen molar-refractivity contribution in [3.63, 3.8) is 0 Å². The highest BCUT2D eigenvalue weighted by Crippen LogP contribution is 2.31. The molecule has 2 aromatic heterocycles. The largest absolute Gasteiger partial charge is 0.392 e. The minimum Gasteiger partial charge on any atom is -0.392 e. The van der Waals surface area contributed by atoms with Gasteiger partial charge in [-0.25, -0.2) is 15.0 Å². The molecule has 0 aliphatic carbocycles. The van der Waals surface area contributed by atoms with Crippen LogP contribution < -0.4 is 5.73 Å². The summed E-state index contributed by atoms with van der Waals surface area (Å²) in [6, 6.07) is 18.8. The third-order valence-corrected chi connectivity index (χ3v) is 4.43. The maximum Gasteiger partial charge on any atom is 0.221 e. The molecule has 26 heavy (non-hydrogen) atoms. The number of pyridine rings is 1. The third kappa shape index (κ3) is 2.98. The summed E-state index contributed by atoms with van der Waals surface area (Å²) < 4.78 is 0. The molecule has 2 aromatic carbocycles. The van der Waals surface area contributed by atoms with E-state index in [9.17, 15) is 5.11 Å². The first-order valence-corrected chi connectivity index (χ1v) is 8.43. The van der Waals surface area contributed by atoms with E-state index in [4.69, 9.17) is 22.3 Å². The van der Waals surface area contributed by atoms with Crippen LogP contribution in [0.5, 0.6) is 0 Å². The summed E-state index contributed by atoms with van der Waals surface area (Å²) in [4.78, 5) is 13.4. The summed E-state index contributed by atoms with van der Waals surface area (Å²) in [5.41, 5.74) is 11.0. The lowest BCUT2D eigenvalue weighted by Gasteiger charge is -2.10. The normalized spacial score (nSPS) is 11.0. The minimum absolute atomic E-state index is 0.0628. The first-order valence-electron chi connectivity index (χ1n) is 8.05. The molecule has 0 radical (unpaired) electrons. The molecule has 128 valence electrons. The van der Waals surface area contributed by atoms with Crippen molar-refractivity contribution in [3.8, 4) is 22.5 Å². The average molecular weight is 363 g/mol. The second-order valence-electron chi connectivity index (χ2n) is 5.83. The minimum atomic E-state index is -0.0628. The van der Waals surface area contributed by atoms with Gasteiger partial charge in [0.1, 0.15) is 11.2 Å². The quantitative estimate of drug-likeness (QED) is 0.573. The number of nitrogens with zero attached hydrogens (tertiary/aromatic N) is 3. The van der Waals surface area contributed by atoms with E-state index in [1.54, 1.807) is 12.1 Å². The zero-order valence-electron chi connectivity index (χ0n) is 13.7. The van der Waals surface area contributed by atoms with Crippen LogP contribution in [0, 0.1) is 0 Å². The summed E-state index contributed by atoms with van der Waals surface area (Å²) in [7, 11) is 0. The van der Waals surface area contributed by atoms with Gasteiger partial charge in [0.25, 0.3) is 0 Å². The van der Waals surface area contributed by atoms with Gasteiger partial charge in [-0.3, -0.25) is 0 Å². The van der Waals surface area contributed by atoms with E-state index in [1.165, 1.54) is 0 Å². The molecule has 6 heteroatoms. The molecule has 4 rings (SSSR count). The Morgan fingerprint density at radius 3 is 2.50 bits per heavy atom. The van der Waals surface area contributed by atoms with E-state index >= 15 is 0 Å². The van der Waals surface area contributed by atoms with Crippen molar-refractivity contribution in [2.24, 2.45) is 0 Å². The molecule has 2 heterocycles. The molecule has 4 aromatic rings. The lowest BCUT2D eigenvalue weighted by atomic mass is 10.1. The van der Waals surface area contributed by atoms with Crippen LogP contribution in [0.3, 0.4) is 0 Å². The van der Waals surface area contributed by atoms with Crippen LogP contribution >= 0.6 is 11.6 Å². The van der Waals surface area contributed by atoms with Gasteiger partial charge in [0.2, 0.25) is 5.95 Å². The highest BCUT2D eigenvalue weighted by Gasteiger charge is 2.13. The number of nitrogen functional groups attached to an aromatic ring is 1. The van der Waals surface area contributed by atoms with Crippen LogP contribution in [-0.4, -0.2) is 20.1 Å². The highest BCUT2D eigenvalue weighted by atomic mass is 35.5. The highest BCUT2D eigenvalue weighted by molar-refractivity contribution is 6.33. The summed E-state index contributed by atoms with van der Waals surface area (Å²) in [6.45, 7) is -0.0628. The molecular weight excluding hydrogens is 348 g/mol. The number of hydrogen-bond acceptors (Lipinski definition) is 5. The topological polar surface area (TPSA) is 84.9 Å². The number of aliphatic hydroxyl groups excluding tert-OH is 1. The van der Waals surface area contributed by atoms with Crippen LogP contribution in [0.15, 0.2) is 60.7 Å². The Bertz CT molecular complexity index is 1100. The SMILES string of the molecule is Nc1nc(-c2ccccc2)c2nc(-c3cc(CO)ccc3Cl)ccc2n1. The molecule has 0 aliphatic heterocycles. The van der Waals surface area contributed by atoms with E-state index in [0.29, 0.717) is 27.4 Å². The van der Waals surface area contributed by atoms with Crippen molar-refractivity contribution in [1.29, 1.82) is 0 Å². The van der Waals surface area contributed by atoms with E-state index in [2.05, 4.69) is 9.97 Å². The van der Waals surface area contributed by atoms with Crippen molar-refractivity contribution in [1.82, 2.24) is 15.0 Å². The Kier molecular flexibility index (Phi) is 4.24. The molecule has 0 aliphatic rings. The van der Waals surface area contributed by atoms with Gasteiger partial charge in [0, 0.05) is 16.1 Å². The maximum atomic E-state index is 9.40. The van der Waals surface area contributed by atoms with Crippen LogP contribution in [0.4, 0.5) is 5.95 Å². The number of hydrogen-bond donors (Lipinski definition) is 2. The number of benzene rings is 2. The summed E-state index contributed by atoms with van der Waals surface area (Å²) in [5.74, 6) is 0.200. The Labute approximate surface area is 155 Å². The fourth-order valence-corrected chi connectivity index (χ4v) is 3.06. The van der Waals surface area contributed by atoms with Gasteiger partial charge >= 0.3 is 0 Å². The molecule has 0 fully saturated rings.